The number of amides is 1. The van der Waals surface area contributed by atoms with Crippen molar-refractivity contribution >= 4 is 11.6 Å². The normalized spacial score (nSPS) is 22.1. The fourth-order valence-electron chi connectivity index (χ4n) is 2.60. The van der Waals surface area contributed by atoms with Crippen LogP contribution in [0.5, 0.6) is 5.75 Å². The van der Waals surface area contributed by atoms with Crippen molar-refractivity contribution in [3.05, 3.63) is 24.3 Å². The first-order valence-electron chi connectivity index (χ1n) is 7.34. The van der Waals surface area contributed by atoms with E-state index in [1.165, 1.54) is 0 Å². The van der Waals surface area contributed by atoms with E-state index in [1.54, 1.807) is 13.2 Å². The molecule has 5 heteroatoms. The first-order valence-corrected chi connectivity index (χ1v) is 7.34. The highest BCUT2D eigenvalue weighted by molar-refractivity contribution is 5.76. The number of para-hydroxylation sites is 2. The van der Waals surface area contributed by atoms with Crippen LogP contribution in [0.15, 0.2) is 24.3 Å². The minimum Gasteiger partial charge on any atom is -0.491 e. The number of carbonyl (C=O) groups excluding carboxylic acids is 1. The van der Waals surface area contributed by atoms with Gasteiger partial charge in [0.15, 0.2) is 0 Å². The van der Waals surface area contributed by atoms with Gasteiger partial charge in [-0.05, 0) is 31.9 Å². The molecule has 0 bridgehead atoms. The Kier molecular flexibility index (Phi) is 5.07. The van der Waals surface area contributed by atoms with E-state index in [0.717, 1.165) is 19.4 Å². The number of anilines is 1. The van der Waals surface area contributed by atoms with Crippen LogP contribution in [0.25, 0.3) is 0 Å². The molecule has 5 nitrogen and oxygen atoms in total. The van der Waals surface area contributed by atoms with Crippen LogP contribution >= 0.6 is 0 Å². The molecule has 0 spiro atoms. The number of carbonyl (C=O) groups is 1. The van der Waals surface area contributed by atoms with Gasteiger partial charge in [0.2, 0.25) is 5.91 Å². The zero-order valence-electron chi connectivity index (χ0n) is 12.8. The summed E-state index contributed by atoms with van der Waals surface area (Å²) in [6.45, 7) is 3.84. The van der Waals surface area contributed by atoms with Crippen LogP contribution < -0.4 is 10.5 Å². The minimum absolute atomic E-state index is 0.104. The van der Waals surface area contributed by atoms with E-state index >= 15 is 0 Å². The summed E-state index contributed by atoms with van der Waals surface area (Å²) in [7, 11) is 1.70. The fraction of sp³-hybridized carbons (Fsp3) is 0.562. The maximum Gasteiger partial charge on any atom is 0.226 e. The summed E-state index contributed by atoms with van der Waals surface area (Å²) in [6, 6.07) is 7.31. The zero-order valence-corrected chi connectivity index (χ0v) is 12.8. The Hall–Kier alpha value is -1.75. The van der Waals surface area contributed by atoms with E-state index in [2.05, 4.69) is 0 Å². The summed E-state index contributed by atoms with van der Waals surface area (Å²) in [6.07, 6.45) is 2.32. The topological polar surface area (TPSA) is 64.8 Å². The van der Waals surface area contributed by atoms with Crippen molar-refractivity contribution in [2.24, 2.45) is 0 Å². The van der Waals surface area contributed by atoms with Crippen molar-refractivity contribution in [3.8, 4) is 5.75 Å². The minimum atomic E-state index is -0.224. The van der Waals surface area contributed by atoms with Crippen LogP contribution in [0, 0.1) is 0 Å². The lowest BCUT2D eigenvalue weighted by molar-refractivity contribution is -0.139. The van der Waals surface area contributed by atoms with E-state index in [1.807, 2.05) is 30.0 Å². The van der Waals surface area contributed by atoms with Crippen LogP contribution in [0.3, 0.4) is 0 Å². The van der Waals surface area contributed by atoms with Crippen LogP contribution in [-0.2, 0) is 9.53 Å². The molecule has 1 aromatic carbocycles. The summed E-state index contributed by atoms with van der Waals surface area (Å²) in [5, 5.41) is 0. The SMILES string of the molecule is COC1(C)CCCN(C(=O)CCOc2ccccc2N)C1. The lowest BCUT2D eigenvalue weighted by Crippen LogP contribution is -2.49. The molecule has 0 aliphatic carbocycles. The molecule has 116 valence electrons. The van der Waals surface area contributed by atoms with E-state index in [0.29, 0.717) is 31.0 Å². The van der Waals surface area contributed by atoms with Crippen LogP contribution in [-0.4, -0.2) is 43.2 Å². The van der Waals surface area contributed by atoms with Gasteiger partial charge in [-0.3, -0.25) is 4.79 Å². The molecule has 1 heterocycles. The Balaban J connectivity index is 1.81. The largest absolute Gasteiger partial charge is 0.491 e. The third kappa shape index (κ3) is 4.11. The molecule has 1 atom stereocenters. The quantitative estimate of drug-likeness (QED) is 0.844. The average molecular weight is 292 g/mol. The van der Waals surface area contributed by atoms with Gasteiger partial charge in [0, 0.05) is 20.2 Å². The van der Waals surface area contributed by atoms with E-state index < -0.39 is 0 Å². The molecule has 0 saturated carbocycles. The number of rotatable bonds is 5. The molecule has 2 N–H and O–H groups in total. The number of hydrogen-bond acceptors (Lipinski definition) is 4. The molecule has 1 saturated heterocycles. The van der Waals surface area contributed by atoms with Gasteiger partial charge in [-0.2, -0.15) is 0 Å². The molecular formula is C16H24N2O3. The number of nitrogens with two attached hydrogens (primary N) is 1. The lowest BCUT2D eigenvalue weighted by atomic mass is 9.94. The van der Waals surface area contributed by atoms with E-state index in [9.17, 15) is 4.79 Å². The highest BCUT2D eigenvalue weighted by Crippen LogP contribution is 2.24. The van der Waals surface area contributed by atoms with Gasteiger partial charge in [0.05, 0.1) is 24.3 Å². The fourth-order valence-corrected chi connectivity index (χ4v) is 2.60. The number of methoxy groups -OCH3 is 1. The maximum absolute atomic E-state index is 12.2. The van der Waals surface area contributed by atoms with Gasteiger partial charge >= 0.3 is 0 Å². The third-order valence-electron chi connectivity index (χ3n) is 4.00. The second kappa shape index (κ2) is 6.80. The van der Waals surface area contributed by atoms with Crippen LogP contribution in [0.2, 0.25) is 0 Å². The lowest BCUT2D eigenvalue weighted by Gasteiger charge is -2.39. The van der Waals surface area contributed by atoms with Crippen LogP contribution in [0.4, 0.5) is 5.69 Å². The van der Waals surface area contributed by atoms with Gasteiger partial charge in [0.25, 0.3) is 0 Å². The second-order valence-corrected chi connectivity index (χ2v) is 5.71. The average Bonchev–Trinajstić information content (AvgIpc) is 2.49. The molecule has 0 radical (unpaired) electrons. The Morgan fingerprint density at radius 2 is 2.19 bits per heavy atom. The Morgan fingerprint density at radius 3 is 2.90 bits per heavy atom. The van der Waals surface area contributed by atoms with Gasteiger partial charge in [-0.15, -0.1) is 0 Å². The summed E-state index contributed by atoms with van der Waals surface area (Å²) >= 11 is 0. The van der Waals surface area contributed by atoms with Crippen molar-refractivity contribution in [1.82, 2.24) is 4.90 Å². The Labute approximate surface area is 126 Å². The summed E-state index contributed by atoms with van der Waals surface area (Å²) in [5.41, 5.74) is 6.17. The maximum atomic E-state index is 12.2. The first-order chi connectivity index (χ1) is 10.0. The van der Waals surface area contributed by atoms with Crippen molar-refractivity contribution in [1.29, 1.82) is 0 Å². The number of benzene rings is 1. The molecular weight excluding hydrogens is 268 g/mol. The molecule has 1 fully saturated rings. The number of ether oxygens (including phenoxy) is 2. The highest BCUT2D eigenvalue weighted by atomic mass is 16.5. The van der Waals surface area contributed by atoms with Crippen molar-refractivity contribution in [2.45, 2.75) is 31.8 Å². The predicted octanol–water partition coefficient (Wildman–Crippen LogP) is 2.07. The number of likely N-dealkylation sites (tertiary alicyclic amines) is 1. The Morgan fingerprint density at radius 1 is 1.43 bits per heavy atom. The van der Waals surface area contributed by atoms with Gasteiger partial charge in [-0.1, -0.05) is 12.1 Å². The van der Waals surface area contributed by atoms with Gasteiger partial charge < -0.3 is 20.1 Å². The van der Waals surface area contributed by atoms with Crippen LogP contribution in [0.1, 0.15) is 26.2 Å². The highest BCUT2D eigenvalue weighted by Gasteiger charge is 2.32. The summed E-state index contributed by atoms with van der Waals surface area (Å²) in [4.78, 5) is 14.1. The molecule has 2 rings (SSSR count). The van der Waals surface area contributed by atoms with Gasteiger partial charge in [0.1, 0.15) is 5.75 Å². The predicted molar refractivity (Wildman–Crippen MR) is 82.2 cm³/mol. The molecule has 1 aliphatic heterocycles. The standard InChI is InChI=1S/C16H24N2O3/c1-16(20-2)9-5-10-18(12-16)15(19)8-11-21-14-7-4-3-6-13(14)17/h3-4,6-7H,5,8-12,17H2,1-2H3. The number of hydrogen-bond donors (Lipinski definition) is 1. The third-order valence-corrected chi connectivity index (χ3v) is 4.00. The second-order valence-electron chi connectivity index (χ2n) is 5.71. The number of piperidine rings is 1. The first kappa shape index (κ1) is 15.6. The van der Waals surface area contributed by atoms with Crippen molar-refractivity contribution in [3.63, 3.8) is 0 Å². The molecule has 0 aromatic heterocycles. The summed E-state index contributed by atoms with van der Waals surface area (Å²) < 4.78 is 11.1. The molecule has 21 heavy (non-hydrogen) atoms. The van der Waals surface area contributed by atoms with Gasteiger partial charge in [-0.25, -0.2) is 0 Å². The molecule has 1 aliphatic rings. The molecule has 1 aromatic rings. The van der Waals surface area contributed by atoms with Crippen molar-refractivity contribution < 1.29 is 14.3 Å². The number of nitrogen functional groups attached to an aromatic ring is 1. The van der Waals surface area contributed by atoms with E-state index in [-0.39, 0.29) is 11.5 Å². The Bertz CT molecular complexity index is 492. The van der Waals surface area contributed by atoms with E-state index in [4.69, 9.17) is 15.2 Å². The number of nitrogens with zero attached hydrogens (tertiary/aromatic N) is 1. The summed E-state index contributed by atoms with van der Waals surface area (Å²) in [5.74, 6) is 0.734. The molecule has 1 unspecified atom stereocenters. The zero-order chi connectivity index (χ0) is 15.3. The monoisotopic (exact) mass is 292 g/mol. The molecule has 1 amide bonds. The van der Waals surface area contributed by atoms with Crippen molar-refractivity contribution in [2.75, 3.05) is 32.5 Å². The smallest absolute Gasteiger partial charge is 0.226 e.